The molecule has 1 aliphatic heterocycles. The Balaban J connectivity index is 1.53. The number of hydrogen-bond acceptors (Lipinski definition) is 6. The summed E-state index contributed by atoms with van der Waals surface area (Å²) in [4.78, 5) is 25.3. The number of carbonyl (C=O) groups excluding carboxylic acids is 1. The summed E-state index contributed by atoms with van der Waals surface area (Å²) >= 11 is 0. The highest BCUT2D eigenvalue weighted by atomic mass is 19.1. The van der Waals surface area contributed by atoms with Gasteiger partial charge < -0.3 is 15.0 Å². The van der Waals surface area contributed by atoms with Crippen LogP contribution in [0.3, 0.4) is 0 Å². The predicted octanol–water partition coefficient (Wildman–Crippen LogP) is 1.83. The second-order valence-electron chi connectivity index (χ2n) is 6.51. The molecule has 0 saturated carbocycles. The van der Waals surface area contributed by atoms with Gasteiger partial charge in [-0.25, -0.2) is 14.4 Å². The van der Waals surface area contributed by atoms with E-state index in [1.54, 1.807) is 25.3 Å². The third-order valence-electron chi connectivity index (χ3n) is 4.37. The number of amides is 1. The largest absolute Gasteiger partial charge is 0.377 e. The number of aryl methyl sites for hydroxylation is 1. The molecule has 1 saturated heterocycles. The number of anilines is 2. The molecule has 0 radical (unpaired) electrons. The molecule has 0 bridgehead atoms. The van der Waals surface area contributed by atoms with E-state index in [0.29, 0.717) is 12.4 Å². The van der Waals surface area contributed by atoms with Crippen LogP contribution in [0.25, 0.3) is 0 Å². The first-order valence-electron chi connectivity index (χ1n) is 8.90. The zero-order chi connectivity index (χ0) is 19.2. The number of piperazine rings is 1. The van der Waals surface area contributed by atoms with Crippen molar-refractivity contribution in [2.75, 3.05) is 50.1 Å². The minimum absolute atomic E-state index is 0.211. The van der Waals surface area contributed by atoms with E-state index in [-0.39, 0.29) is 18.1 Å². The molecule has 0 spiro atoms. The lowest BCUT2D eigenvalue weighted by atomic mass is 10.2. The Morgan fingerprint density at radius 1 is 1.22 bits per heavy atom. The van der Waals surface area contributed by atoms with Crippen LogP contribution in [0, 0.1) is 12.7 Å². The number of para-hydroxylation sites is 1. The van der Waals surface area contributed by atoms with Crippen LogP contribution in [0.15, 0.2) is 30.3 Å². The van der Waals surface area contributed by atoms with Crippen molar-refractivity contribution >= 4 is 17.4 Å². The highest BCUT2D eigenvalue weighted by Crippen LogP contribution is 2.16. The number of carbonyl (C=O) groups is 1. The summed E-state index contributed by atoms with van der Waals surface area (Å²) in [6.45, 7) is 5.53. The highest BCUT2D eigenvalue weighted by molar-refractivity contribution is 5.92. The fraction of sp³-hybridized carbons (Fsp3) is 0.421. The molecule has 1 amide bonds. The fourth-order valence-corrected chi connectivity index (χ4v) is 3.06. The Hall–Kier alpha value is -2.58. The normalized spacial score (nSPS) is 15.0. The maximum Gasteiger partial charge on any atom is 0.238 e. The van der Waals surface area contributed by atoms with E-state index in [4.69, 9.17) is 4.74 Å². The summed E-state index contributed by atoms with van der Waals surface area (Å²) < 4.78 is 18.8. The molecule has 2 aromatic rings. The number of halogens is 1. The van der Waals surface area contributed by atoms with Gasteiger partial charge >= 0.3 is 0 Å². The van der Waals surface area contributed by atoms with Gasteiger partial charge in [0.2, 0.25) is 5.91 Å². The van der Waals surface area contributed by atoms with Gasteiger partial charge in [0.15, 0.2) is 5.82 Å². The lowest BCUT2D eigenvalue weighted by Crippen LogP contribution is -2.49. The Labute approximate surface area is 158 Å². The summed E-state index contributed by atoms with van der Waals surface area (Å²) in [5, 5.41) is 2.63. The van der Waals surface area contributed by atoms with Crippen LogP contribution in [0.4, 0.5) is 15.9 Å². The quantitative estimate of drug-likeness (QED) is 0.833. The van der Waals surface area contributed by atoms with Gasteiger partial charge in [-0.15, -0.1) is 0 Å². The summed E-state index contributed by atoms with van der Waals surface area (Å²) in [7, 11) is 1.62. The summed E-state index contributed by atoms with van der Waals surface area (Å²) in [6.07, 6.45) is 0. The van der Waals surface area contributed by atoms with Crippen LogP contribution in [-0.2, 0) is 16.1 Å². The number of rotatable bonds is 6. The van der Waals surface area contributed by atoms with Gasteiger partial charge in [-0.05, 0) is 19.1 Å². The fourth-order valence-electron chi connectivity index (χ4n) is 3.06. The predicted molar refractivity (Wildman–Crippen MR) is 101 cm³/mol. The molecule has 1 N–H and O–H groups in total. The Morgan fingerprint density at radius 2 is 1.96 bits per heavy atom. The first-order valence-corrected chi connectivity index (χ1v) is 8.90. The second kappa shape index (κ2) is 8.88. The topological polar surface area (TPSA) is 70.6 Å². The van der Waals surface area contributed by atoms with Crippen molar-refractivity contribution in [2.24, 2.45) is 0 Å². The Morgan fingerprint density at radius 3 is 2.67 bits per heavy atom. The van der Waals surface area contributed by atoms with E-state index in [1.165, 1.54) is 6.07 Å². The van der Waals surface area contributed by atoms with Gasteiger partial charge in [0, 0.05) is 45.0 Å². The third-order valence-corrected chi connectivity index (χ3v) is 4.37. The SMILES string of the molecule is COCc1nc(C)cc(N2CCN(CC(=O)Nc3ccccc3F)CC2)n1. The standard InChI is InChI=1S/C19H24FN5O2/c1-14-11-18(23-17(21-14)13-27-2)25-9-7-24(8-10-25)12-19(26)22-16-6-4-3-5-15(16)20/h3-6,11H,7-10,12-13H2,1-2H3,(H,22,26). The molecule has 144 valence electrons. The van der Waals surface area contributed by atoms with E-state index in [2.05, 4.69) is 25.1 Å². The number of benzene rings is 1. The van der Waals surface area contributed by atoms with Gasteiger partial charge in [-0.1, -0.05) is 12.1 Å². The monoisotopic (exact) mass is 373 g/mol. The Kier molecular flexibility index (Phi) is 6.31. The van der Waals surface area contributed by atoms with Gasteiger partial charge in [-0.2, -0.15) is 0 Å². The summed E-state index contributed by atoms with van der Waals surface area (Å²) in [5.41, 5.74) is 1.11. The smallest absolute Gasteiger partial charge is 0.238 e. The summed E-state index contributed by atoms with van der Waals surface area (Å²) in [6, 6.07) is 8.13. The number of ether oxygens (including phenoxy) is 1. The average molecular weight is 373 g/mol. The third kappa shape index (κ3) is 5.21. The maximum atomic E-state index is 13.6. The maximum absolute atomic E-state index is 13.6. The molecular formula is C19H24FN5O2. The average Bonchev–Trinajstić information content (AvgIpc) is 2.64. The molecule has 7 nitrogen and oxygen atoms in total. The zero-order valence-electron chi connectivity index (χ0n) is 15.6. The van der Waals surface area contributed by atoms with Crippen molar-refractivity contribution in [3.63, 3.8) is 0 Å². The minimum Gasteiger partial charge on any atom is -0.377 e. The van der Waals surface area contributed by atoms with Crippen LogP contribution in [0.5, 0.6) is 0 Å². The lowest BCUT2D eigenvalue weighted by Gasteiger charge is -2.35. The first-order chi connectivity index (χ1) is 13.0. The van der Waals surface area contributed by atoms with E-state index in [0.717, 1.165) is 37.7 Å². The van der Waals surface area contributed by atoms with Crippen molar-refractivity contribution in [2.45, 2.75) is 13.5 Å². The van der Waals surface area contributed by atoms with Crippen molar-refractivity contribution in [3.8, 4) is 0 Å². The van der Waals surface area contributed by atoms with Crippen LogP contribution in [-0.4, -0.2) is 60.6 Å². The van der Waals surface area contributed by atoms with Gasteiger partial charge in [-0.3, -0.25) is 9.69 Å². The summed E-state index contributed by atoms with van der Waals surface area (Å²) in [5.74, 6) is 0.902. The molecule has 8 heteroatoms. The van der Waals surface area contributed by atoms with Crippen LogP contribution in [0.2, 0.25) is 0 Å². The Bertz CT molecular complexity index is 793. The van der Waals surface area contributed by atoms with E-state index in [9.17, 15) is 9.18 Å². The number of hydrogen-bond donors (Lipinski definition) is 1. The number of methoxy groups -OCH3 is 1. The molecule has 2 heterocycles. The molecule has 1 aliphatic rings. The van der Waals surface area contributed by atoms with E-state index in [1.807, 2.05) is 13.0 Å². The van der Waals surface area contributed by atoms with Crippen molar-refractivity contribution in [1.82, 2.24) is 14.9 Å². The van der Waals surface area contributed by atoms with Crippen LogP contribution >= 0.6 is 0 Å². The van der Waals surface area contributed by atoms with Gasteiger partial charge in [0.05, 0.1) is 12.2 Å². The molecular weight excluding hydrogens is 349 g/mol. The lowest BCUT2D eigenvalue weighted by molar-refractivity contribution is -0.117. The van der Waals surface area contributed by atoms with Crippen molar-refractivity contribution < 1.29 is 13.9 Å². The molecule has 0 atom stereocenters. The molecule has 1 fully saturated rings. The molecule has 3 rings (SSSR count). The number of aromatic nitrogens is 2. The minimum atomic E-state index is -0.429. The number of nitrogens with one attached hydrogen (secondary N) is 1. The highest BCUT2D eigenvalue weighted by Gasteiger charge is 2.21. The van der Waals surface area contributed by atoms with Crippen LogP contribution < -0.4 is 10.2 Å². The molecule has 0 aliphatic carbocycles. The molecule has 27 heavy (non-hydrogen) atoms. The van der Waals surface area contributed by atoms with Gasteiger partial charge in [0.25, 0.3) is 0 Å². The second-order valence-corrected chi connectivity index (χ2v) is 6.51. The first kappa shape index (κ1) is 19.2. The van der Waals surface area contributed by atoms with Crippen molar-refractivity contribution in [1.29, 1.82) is 0 Å². The zero-order valence-corrected chi connectivity index (χ0v) is 15.6. The van der Waals surface area contributed by atoms with Crippen LogP contribution in [0.1, 0.15) is 11.5 Å². The van der Waals surface area contributed by atoms with E-state index >= 15 is 0 Å². The molecule has 1 aromatic carbocycles. The van der Waals surface area contributed by atoms with E-state index < -0.39 is 5.82 Å². The van der Waals surface area contributed by atoms with Crippen molar-refractivity contribution in [3.05, 3.63) is 47.7 Å². The van der Waals surface area contributed by atoms with Gasteiger partial charge in [0.1, 0.15) is 18.2 Å². The molecule has 1 aromatic heterocycles. The number of nitrogens with zero attached hydrogens (tertiary/aromatic N) is 4. The molecule has 0 unspecified atom stereocenters.